The van der Waals surface area contributed by atoms with Gasteiger partial charge in [-0.1, -0.05) is 115 Å². The molecule has 2 rings (SSSR count). The number of esters is 1. The number of benzene rings is 2. The van der Waals surface area contributed by atoms with E-state index >= 15 is 0 Å². The molecule has 6 nitrogen and oxygen atoms in total. The molecule has 0 saturated carbocycles. The monoisotopic (exact) mass is 582 g/mol. The van der Waals surface area contributed by atoms with Crippen LogP contribution in [0.1, 0.15) is 121 Å². The average Bonchev–Trinajstić information content (AvgIpc) is 3.01. The Morgan fingerprint density at radius 3 is 1.48 bits per heavy atom. The number of carbonyl (C=O) groups excluding carboxylic acids is 1. The van der Waals surface area contributed by atoms with Crippen molar-refractivity contribution in [1.82, 2.24) is 0 Å². The molecule has 234 valence electrons. The van der Waals surface area contributed by atoms with Gasteiger partial charge in [0.1, 0.15) is 0 Å². The maximum atomic E-state index is 12.5. The van der Waals surface area contributed by atoms with Crippen molar-refractivity contribution >= 4 is 18.1 Å². The van der Waals surface area contributed by atoms with Gasteiger partial charge in [0.25, 0.3) is 0 Å². The zero-order chi connectivity index (χ0) is 30.4. The summed E-state index contributed by atoms with van der Waals surface area (Å²) in [5, 5.41) is 0. The predicted molar refractivity (Wildman–Crippen MR) is 173 cm³/mol. The number of hydrogen-bond acceptors (Lipinski definition) is 6. The molecule has 6 heteroatoms. The van der Waals surface area contributed by atoms with Gasteiger partial charge in [0.15, 0.2) is 23.0 Å². The van der Waals surface area contributed by atoms with Gasteiger partial charge in [-0.05, 0) is 41.8 Å². The van der Waals surface area contributed by atoms with Crippen molar-refractivity contribution < 1.29 is 28.5 Å². The fourth-order valence-electron chi connectivity index (χ4n) is 5.08. The van der Waals surface area contributed by atoms with E-state index in [-0.39, 0.29) is 5.97 Å². The SMILES string of the molecule is CCCCCCCCCCCCCCCCCC(=O)Oc1ccc(/C=C/c2cc(OC)c(OC)c(OC)c2)cc1OC. The molecule has 0 heterocycles. The lowest BCUT2D eigenvalue weighted by Crippen LogP contribution is -2.08. The van der Waals surface area contributed by atoms with E-state index in [0.29, 0.717) is 35.2 Å². The molecule has 0 saturated heterocycles. The summed E-state index contributed by atoms with van der Waals surface area (Å²) < 4.78 is 27.4. The van der Waals surface area contributed by atoms with Crippen molar-refractivity contribution in [2.24, 2.45) is 0 Å². The van der Waals surface area contributed by atoms with Crippen LogP contribution < -0.4 is 23.7 Å². The first-order chi connectivity index (χ1) is 20.6. The number of methoxy groups -OCH3 is 4. The highest BCUT2D eigenvalue weighted by atomic mass is 16.6. The molecule has 0 aliphatic rings. The van der Waals surface area contributed by atoms with E-state index in [1.165, 1.54) is 83.5 Å². The van der Waals surface area contributed by atoms with Crippen LogP contribution in [0.5, 0.6) is 28.7 Å². The minimum absolute atomic E-state index is 0.219. The molecule has 0 aliphatic heterocycles. The van der Waals surface area contributed by atoms with Gasteiger partial charge in [-0.3, -0.25) is 4.79 Å². The van der Waals surface area contributed by atoms with Crippen LogP contribution in [0.4, 0.5) is 0 Å². The van der Waals surface area contributed by atoms with Gasteiger partial charge in [0.2, 0.25) is 5.75 Å². The lowest BCUT2D eigenvalue weighted by Gasteiger charge is -2.13. The van der Waals surface area contributed by atoms with E-state index in [4.69, 9.17) is 23.7 Å². The van der Waals surface area contributed by atoms with Gasteiger partial charge in [-0.25, -0.2) is 0 Å². The van der Waals surface area contributed by atoms with Gasteiger partial charge in [0.05, 0.1) is 28.4 Å². The normalized spacial score (nSPS) is 11.1. The molecule has 0 unspecified atom stereocenters. The van der Waals surface area contributed by atoms with Crippen molar-refractivity contribution in [2.75, 3.05) is 28.4 Å². The molecule has 0 bridgehead atoms. The number of carbonyl (C=O) groups is 1. The second kappa shape index (κ2) is 21.5. The van der Waals surface area contributed by atoms with Crippen molar-refractivity contribution in [3.8, 4) is 28.7 Å². The number of hydrogen-bond donors (Lipinski definition) is 0. The van der Waals surface area contributed by atoms with Gasteiger partial charge in [-0.15, -0.1) is 0 Å². The van der Waals surface area contributed by atoms with E-state index in [9.17, 15) is 4.79 Å². The molecule has 0 radical (unpaired) electrons. The fourth-order valence-corrected chi connectivity index (χ4v) is 5.08. The first-order valence-electron chi connectivity index (χ1n) is 15.9. The van der Waals surface area contributed by atoms with Crippen LogP contribution in [0.2, 0.25) is 0 Å². The largest absolute Gasteiger partial charge is 0.493 e. The van der Waals surface area contributed by atoms with Gasteiger partial charge in [0, 0.05) is 6.42 Å². The first-order valence-corrected chi connectivity index (χ1v) is 15.9. The Bertz CT molecular complexity index is 1040. The summed E-state index contributed by atoms with van der Waals surface area (Å²) in [6.45, 7) is 2.27. The highest BCUT2D eigenvalue weighted by Crippen LogP contribution is 2.39. The van der Waals surface area contributed by atoms with E-state index in [1.54, 1.807) is 34.5 Å². The summed E-state index contributed by atoms with van der Waals surface area (Å²) in [5.41, 5.74) is 1.80. The summed E-state index contributed by atoms with van der Waals surface area (Å²) in [6.07, 6.45) is 23.8. The maximum absolute atomic E-state index is 12.5. The summed E-state index contributed by atoms with van der Waals surface area (Å²) in [4.78, 5) is 12.5. The van der Waals surface area contributed by atoms with E-state index in [1.807, 2.05) is 36.4 Å². The van der Waals surface area contributed by atoms with Crippen molar-refractivity contribution in [3.63, 3.8) is 0 Å². The molecule has 0 spiro atoms. The Labute approximate surface area is 254 Å². The van der Waals surface area contributed by atoms with Crippen LogP contribution in [0.3, 0.4) is 0 Å². The van der Waals surface area contributed by atoms with Gasteiger partial charge >= 0.3 is 5.97 Å². The van der Waals surface area contributed by atoms with Crippen molar-refractivity contribution in [1.29, 1.82) is 0 Å². The Hall–Kier alpha value is -3.15. The second-order valence-corrected chi connectivity index (χ2v) is 10.9. The molecule has 0 fully saturated rings. The van der Waals surface area contributed by atoms with Crippen LogP contribution >= 0.6 is 0 Å². The van der Waals surface area contributed by atoms with Crippen LogP contribution in [0, 0.1) is 0 Å². The minimum Gasteiger partial charge on any atom is -0.493 e. The predicted octanol–water partition coefficient (Wildman–Crippen LogP) is 10.1. The first kappa shape index (κ1) is 35.0. The quantitative estimate of drug-likeness (QED) is 0.0562. The highest BCUT2D eigenvalue weighted by molar-refractivity contribution is 5.76. The Morgan fingerprint density at radius 1 is 0.548 bits per heavy atom. The summed E-state index contributed by atoms with van der Waals surface area (Å²) in [7, 11) is 6.34. The molecule has 2 aromatic rings. The molecular formula is C36H54O6. The minimum atomic E-state index is -0.219. The zero-order valence-electron chi connectivity index (χ0n) is 26.8. The topological polar surface area (TPSA) is 63.2 Å². The van der Waals surface area contributed by atoms with Crippen molar-refractivity contribution in [3.05, 3.63) is 41.5 Å². The molecule has 0 amide bonds. The molecular weight excluding hydrogens is 528 g/mol. The van der Waals surface area contributed by atoms with Crippen LogP contribution in [-0.2, 0) is 4.79 Å². The summed E-state index contributed by atoms with van der Waals surface area (Å²) >= 11 is 0. The average molecular weight is 583 g/mol. The zero-order valence-corrected chi connectivity index (χ0v) is 26.8. The van der Waals surface area contributed by atoms with Crippen LogP contribution in [-0.4, -0.2) is 34.4 Å². The summed E-state index contributed by atoms with van der Waals surface area (Å²) in [6, 6.07) is 9.28. The van der Waals surface area contributed by atoms with E-state index < -0.39 is 0 Å². The standard InChI is InChI=1S/C36H54O6/c1-6-7-8-9-10-11-12-13-14-15-16-17-18-19-20-21-35(37)42-31-25-24-29(26-32(31)38-2)22-23-30-27-33(39-3)36(41-5)34(28-30)40-4/h22-28H,6-21H2,1-5H3/b23-22+. The van der Waals surface area contributed by atoms with Crippen molar-refractivity contribution in [2.45, 2.75) is 110 Å². The molecule has 42 heavy (non-hydrogen) atoms. The van der Waals surface area contributed by atoms with E-state index in [0.717, 1.165) is 24.0 Å². The Kier molecular flexibility index (Phi) is 18.0. The molecule has 0 N–H and O–H groups in total. The number of unbranched alkanes of at least 4 members (excludes halogenated alkanes) is 14. The van der Waals surface area contributed by atoms with Gasteiger partial charge in [-0.2, -0.15) is 0 Å². The third kappa shape index (κ3) is 13.2. The number of ether oxygens (including phenoxy) is 5. The molecule has 2 aromatic carbocycles. The smallest absolute Gasteiger partial charge is 0.311 e. The Morgan fingerprint density at radius 2 is 1.00 bits per heavy atom. The lowest BCUT2D eigenvalue weighted by molar-refractivity contribution is -0.134. The van der Waals surface area contributed by atoms with Gasteiger partial charge < -0.3 is 23.7 Å². The fraction of sp³-hybridized carbons (Fsp3) is 0.583. The maximum Gasteiger partial charge on any atom is 0.311 e. The number of rotatable bonds is 23. The van der Waals surface area contributed by atoms with Crippen LogP contribution in [0.15, 0.2) is 30.3 Å². The van der Waals surface area contributed by atoms with Crippen LogP contribution in [0.25, 0.3) is 12.2 Å². The summed E-state index contributed by atoms with van der Waals surface area (Å²) in [5.74, 6) is 2.47. The molecule has 0 aliphatic carbocycles. The van der Waals surface area contributed by atoms with E-state index in [2.05, 4.69) is 6.92 Å². The lowest BCUT2D eigenvalue weighted by atomic mass is 10.0. The second-order valence-electron chi connectivity index (χ2n) is 10.9. The molecule has 0 atom stereocenters. The molecule has 0 aromatic heterocycles. The Balaban J connectivity index is 1.68. The third-order valence-corrected chi connectivity index (χ3v) is 7.55. The third-order valence-electron chi connectivity index (χ3n) is 7.55. The highest BCUT2D eigenvalue weighted by Gasteiger charge is 2.13.